The molecule has 0 bridgehead atoms. The van der Waals surface area contributed by atoms with Crippen LogP contribution in [0, 0.1) is 0 Å². The fraction of sp³-hybridized carbons (Fsp3) is 0.348. The van der Waals surface area contributed by atoms with E-state index in [-0.39, 0.29) is 24.0 Å². The third kappa shape index (κ3) is 7.35. The Morgan fingerprint density at radius 2 is 1.29 bits per heavy atom. The van der Waals surface area contributed by atoms with E-state index in [9.17, 15) is 14.4 Å². The van der Waals surface area contributed by atoms with Gasteiger partial charge in [-0.05, 0) is 30.4 Å². The molecular formula is C23H27NO4. The van der Waals surface area contributed by atoms with E-state index in [0.717, 1.165) is 11.1 Å². The maximum Gasteiger partial charge on any atom is 0.303 e. The molecule has 2 rings (SSSR count). The summed E-state index contributed by atoms with van der Waals surface area (Å²) in [6.45, 7) is 0.369. The summed E-state index contributed by atoms with van der Waals surface area (Å²) in [6, 6.07) is 19.5. The van der Waals surface area contributed by atoms with Gasteiger partial charge in [0.05, 0.1) is 5.92 Å². The van der Waals surface area contributed by atoms with Crippen molar-refractivity contribution in [1.29, 1.82) is 0 Å². The number of carboxylic acid groups (broad SMARTS) is 1. The maximum absolute atomic E-state index is 12.9. The summed E-state index contributed by atoms with van der Waals surface area (Å²) in [5.74, 6) is -1.09. The lowest BCUT2D eigenvalue weighted by molar-refractivity contribution is -0.137. The lowest BCUT2D eigenvalue weighted by Crippen LogP contribution is -2.24. The molecule has 0 unspecified atom stereocenters. The Morgan fingerprint density at radius 1 is 0.750 bits per heavy atom. The van der Waals surface area contributed by atoms with Gasteiger partial charge in [0.1, 0.15) is 5.78 Å². The normalized spacial score (nSPS) is 10.6. The lowest BCUT2D eigenvalue weighted by atomic mass is 9.86. The molecule has 0 heterocycles. The van der Waals surface area contributed by atoms with Crippen LogP contribution in [0.1, 0.15) is 55.6 Å². The topological polar surface area (TPSA) is 83.5 Å². The first kappa shape index (κ1) is 21.4. The Labute approximate surface area is 165 Å². The number of carbonyl (C=O) groups excluding carboxylic acids is 2. The second-order valence-electron chi connectivity index (χ2n) is 6.78. The van der Waals surface area contributed by atoms with Crippen LogP contribution in [0.15, 0.2) is 60.7 Å². The molecule has 0 radical (unpaired) electrons. The van der Waals surface area contributed by atoms with E-state index in [4.69, 9.17) is 5.11 Å². The molecule has 0 fully saturated rings. The van der Waals surface area contributed by atoms with Crippen molar-refractivity contribution < 1.29 is 19.5 Å². The van der Waals surface area contributed by atoms with Crippen molar-refractivity contribution in [3.63, 3.8) is 0 Å². The second kappa shape index (κ2) is 11.7. The molecule has 5 heteroatoms. The minimum atomic E-state index is -0.862. The highest BCUT2D eigenvalue weighted by Gasteiger charge is 2.21. The molecule has 2 N–H and O–H groups in total. The van der Waals surface area contributed by atoms with Crippen LogP contribution in [0.2, 0.25) is 0 Å². The molecule has 0 spiro atoms. The van der Waals surface area contributed by atoms with Gasteiger partial charge in [0.15, 0.2) is 0 Å². The van der Waals surface area contributed by atoms with Crippen LogP contribution in [0.4, 0.5) is 0 Å². The van der Waals surface area contributed by atoms with Crippen LogP contribution >= 0.6 is 0 Å². The van der Waals surface area contributed by atoms with Gasteiger partial charge in [0.25, 0.3) is 0 Å². The zero-order valence-electron chi connectivity index (χ0n) is 16.0. The summed E-state index contributed by atoms with van der Waals surface area (Å²) in [6.07, 6.45) is 2.53. The smallest absolute Gasteiger partial charge is 0.303 e. The number of aliphatic carboxylic acids is 1. The summed E-state index contributed by atoms with van der Waals surface area (Å²) in [7, 11) is 0. The van der Waals surface area contributed by atoms with Crippen molar-refractivity contribution in [2.45, 2.75) is 44.4 Å². The molecule has 0 aliphatic carbocycles. The van der Waals surface area contributed by atoms with Gasteiger partial charge < -0.3 is 10.4 Å². The van der Waals surface area contributed by atoms with E-state index in [2.05, 4.69) is 5.32 Å². The highest BCUT2D eigenvalue weighted by molar-refractivity contribution is 5.89. The fourth-order valence-electron chi connectivity index (χ4n) is 3.14. The molecule has 148 valence electrons. The molecular weight excluding hydrogens is 354 g/mol. The van der Waals surface area contributed by atoms with E-state index in [1.807, 2.05) is 60.7 Å². The highest BCUT2D eigenvalue weighted by Crippen LogP contribution is 2.27. The summed E-state index contributed by atoms with van der Waals surface area (Å²) in [5.41, 5.74) is 1.96. The molecule has 5 nitrogen and oxygen atoms in total. The van der Waals surface area contributed by atoms with Gasteiger partial charge in [-0.2, -0.15) is 0 Å². The molecule has 0 saturated carbocycles. The first-order valence-corrected chi connectivity index (χ1v) is 9.69. The van der Waals surface area contributed by atoms with E-state index in [1.165, 1.54) is 0 Å². The van der Waals surface area contributed by atoms with Crippen LogP contribution in [0.5, 0.6) is 0 Å². The number of unbranched alkanes of at least 4 members (excludes halogenated alkanes) is 1. The molecule has 2 aromatic rings. The quantitative estimate of drug-likeness (QED) is 0.546. The van der Waals surface area contributed by atoms with Crippen LogP contribution in [0.25, 0.3) is 0 Å². The van der Waals surface area contributed by atoms with Gasteiger partial charge in [0.2, 0.25) is 5.91 Å². The Balaban J connectivity index is 1.81. The SMILES string of the molecule is O=C(O)CCCNC(=O)CCCCC(=O)C(c1ccccc1)c1ccccc1. The van der Waals surface area contributed by atoms with E-state index in [1.54, 1.807) is 0 Å². The maximum atomic E-state index is 12.9. The number of carbonyl (C=O) groups is 3. The third-order valence-electron chi connectivity index (χ3n) is 4.55. The molecule has 0 aliphatic heterocycles. The van der Waals surface area contributed by atoms with Crippen molar-refractivity contribution in [2.75, 3.05) is 6.54 Å². The molecule has 0 aromatic heterocycles. The molecule has 1 amide bonds. The number of carboxylic acids is 1. The Bertz CT molecular complexity index is 719. The van der Waals surface area contributed by atoms with Gasteiger partial charge in [-0.3, -0.25) is 14.4 Å². The van der Waals surface area contributed by atoms with E-state index < -0.39 is 5.97 Å². The first-order valence-electron chi connectivity index (χ1n) is 9.69. The molecule has 0 saturated heterocycles. The van der Waals surface area contributed by atoms with Gasteiger partial charge in [-0.1, -0.05) is 60.7 Å². The second-order valence-corrected chi connectivity index (χ2v) is 6.78. The van der Waals surface area contributed by atoms with Crippen LogP contribution in [-0.2, 0) is 14.4 Å². The van der Waals surface area contributed by atoms with Crippen molar-refractivity contribution in [3.05, 3.63) is 71.8 Å². The van der Waals surface area contributed by atoms with Crippen LogP contribution in [0.3, 0.4) is 0 Å². The van der Waals surface area contributed by atoms with Gasteiger partial charge >= 0.3 is 5.97 Å². The van der Waals surface area contributed by atoms with Gasteiger partial charge in [0, 0.05) is 25.8 Å². The third-order valence-corrected chi connectivity index (χ3v) is 4.55. The summed E-state index contributed by atoms with van der Waals surface area (Å²) in [4.78, 5) is 35.1. The predicted octanol–water partition coefficient (Wildman–Crippen LogP) is 3.93. The number of ketones is 1. The number of hydrogen-bond acceptors (Lipinski definition) is 3. The standard InChI is InChI=1S/C23H27NO4/c25-20(14-7-8-15-21(26)24-17-9-16-22(27)28)23(18-10-3-1-4-11-18)19-12-5-2-6-13-19/h1-6,10-13,23H,7-9,14-17H2,(H,24,26)(H,27,28). The zero-order valence-corrected chi connectivity index (χ0v) is 16.0. The monoisotopic (exact) mass is 381 g/mol. The Kier molecular flexibility index (Phi) is 8.92. The lowest BCUT2D eigenvalue weighted by Gasteiger charge is -2.17. The Hall–Kier alpha value is -2.95. The van der Waals surface area contributed by atoms with Crippen LogP contribution in [-0.4, -0.2) is 29.3 Å². The molecule has 28 heavy (non-hydrogen) atoms. The van der Waals surface area contributed by atoms with Crippen molar-refractivity contribution in [3.8, 4) is 0 Å². The summed E-state index contributed by atoms with van der Waals surface area (Å²) < 4.78 is 0. The molecule has 0 atom stereocenters. The Morgan fingerprint density at radius 3 is 1.82 bits per heavy atom. The first-order chi connectivity index (χ1) is 13.6. The minimum absolute atomic E-state index is 0.0507. The summed E-state index contributed by atoms with van der Waals surface area (Å²) >= 11 is 0. The largest absolute Gasteiger partial charge is 0.481 e. The fourth-order valence-corrected chi connectivity index (χ4v) is 3.14. The van der Waals surface area contributed by atoms with Crippen LogP contribution < -0.4 is 5.32 Å². The average molecular weight is 381 g/mol. The summed E-state index contributed by atoms with van der Waals surface area (Å²) in [5, 5.41) is 11.3. The molecule has 0 aliphatic rings. The van der Waals surface area contributed by atoms with E-state index >= 15 is 0 Å². The van der Waals surface area contributed by atoms with Crippen molar-refractivity contribution >= 4 is 17.7 Å². The van der Waals surface area contributed by atoms with Gasteiger partial charge in [-0.25, -0.2) is 0 Å². The highest BCUT2D eigenvalue weighted by atomic mass is 16.4. The average Bonchev–Trinajstić information content (AvgIpc) is 2.70. The predicted molar refractivity (Wildman–Crippen MR) is 108 cm³/mol. The number of rotatable bonds is 12. The zero-order chi connectivity index (χ0) is 20.2. The van der Waals surface area contributed by atoms with Crippen molar-refractivity contribution in [1.82, 2.24) is 5.32 Å². The number of benzene rings is 2. The number of nitrogens with one attached hydrogen (secondary N) is 1. The minimum Gasteiger partial charge on any atom is -0.481 e. The van der Waals surface area contributed by atoms with Crippen molar-refractivity contribution in [2.24, 2.45) is 0 Å². The number of hydrogen-bond donors (Lipinski definition) is 2. The van der Waals surface area contributed by atoms with E-state index in [0.29, 0.717) is 38.6 Å². The number of amides is 1. The molecule has 2 aromatic carbocycles. The van der Waals surface area contributed by atoms with Gasteiger partial charge in [-0.15, -0.1) is 0 Å². The number of Topliss-reactive ketones (excluding diaryl/α,β-unsaturated/α-hetero) is 1.